The summed E-state index contributed by atoms with van der Waals surface area (Å²) in [7, 11) is 2.99. The molecule has 1 spiro atoms. The smallest absolute Gasteiger partial charge is 0.255 e. The molecule has 1 saturated carbocycles. The van der Waals surface area contributed by atoms with E-state index in [0.29, 0.717) is 12.6 Å². The van der Waals surface area contributed by atoms with Crippen molar-refractivity contribution >= 4 is 24.4 Å². The lowest BCUT2D eigenvalue weighted by atomic mass is 9.59. The third-order valence-electron chi connectivity index (χ3n) is 6.47. The molecule has 0 radical (unpaired) electrons. The predicted octanol–water partition coefficient (Wildman–Crippen LogP) is 2.62. The topological polar surface area (TPSA) is 95.6 Å². The van der Waals surface area contributed by atoms with Gasteiger partial charge in [0.2, 0.25) is 5.91 Å². The molecule has 1 aromatic carbocycles. The summed E-state index contributed by atoms with van der Waals surface area (Å²) >= 11 is 0. The van der Waals surface area contributed by atoms with Gasteiger partial charge < -0.3 is 20.3 Å². The molecule has 7 nitrogen and oxygen atoms in total. The molecule has 2 fully saturated rings. The first kappa shape index (κ1) is 25.7. The van der Waals surface area contributed by atoms with Crippen molar-refractivity contribution in [2.45, 2.75) is 58.4 Å². The lowest BCUT2D eigenvalue weighted by molar-refractivity contribution is -0.125. The second kappa shape index (κ2) is 11.9. The summed E-state index contributed by atoms with van der Waals surface area (Å²) < 4.78 is 0. The third kappa shape index (κ3) is 6.25. The molecular formula is C25H37N3O4. The van der Waals surface area contributed by atoms with Gasteiger partial charge in [-0.25, -0.2) is 0 Å². The van der Waals surface area contributed by atoms with Crippen LogP contribution in [0.15, 0.2) is 18.2 Å². The van der Waals surface area contributed by atoms with Crippen molar-refractivity contribution < 1.29 is 19.2 Å². The van der Waals surface area contributed by atoms with Crippen molar-refractivity contribution in [3.8, 4) is 0 Å². The molecule has 2 aliphatic rings. The van der Waals surface area contributed by atoms with E-state index >= 15 is 0 Å². The maximum Gasteiger partial charge on any atom is 0.255 e. The number of carbonyl (C=O) groups excluding carboxylic acids is 4. The van der Waals surface area contributed by atoms with Gasteiger partial charge in [-0.2, -0.15) is 0 Å². The maximum atomic E-state index is 12.8. The SMILES string of the molecule is CC1CC2(CNC2)C1.CCCc1ccc(C=O)c(C(=O)N(C)C(CCC=O)C(=O)NC)c1. The minimum atomic E-state index is -0.762. The summed E-state index contributed by atoms with van der Waals surface area (Å²) in [5.74, 6) is 0.275. The van der Waals surface area contributed by atoms with Gasteiger partial charge in [-0.1, -0.05) is 32.4 Å². The van der Waals surface area contributed by atoms with Crippen LogP contribution in [-0.4, -0.2) is 62.5 Å². The van der Waals surface area contributed by atoms with Gasteiger partial charge in [-0.15, -0.1) is 0 Å². The fourth-order valence-electron chi connectivity index (χ4n) is 4.75. The van der Waals surface area contributed by atoms with Crippen LogP contribution in [0, 0.1) is 11.3 Å². The third-order valence-corrected chi connectivity index (χ3v) is 6.47. The van der Waals surface area contributed by atoms with Crippen LogP contribution in [0.4, 0.5) is 0 Å². The van der Waals surface area contributed by atoms with E-state index in [1.165, 1.54) is 44.9 Å². The molecule has 2 N–H and O–H groups in total. The first-order valence-electron chi connectivity index (χ1n) is 11.5. The van der Waals surface area contributed by atoms with Gasteiger partial charge >= 0.3 is 0 Å². The van der Waals surface area contributed by atoms with Gasteiger partial charge in [0, 0.05) is 39.2 Å². The van der Waals surface area contributed by atoms with Crippen molar-refractivity contribution in [1.82, 2.24) is 15.5 Å². The van der Waals surface area contributed by atoms with E-state index < -0.39 is 11.9 Å². The summed E-state index contributed by atoms with van der Waals surface area (Å²) in [6.07, 6.45) is 6.45. The largest absolute Gasteiger partial charge is 0.357 e. The quantitative estimate of drug-likeness (QED) is 0.572. The highest BCUT2D eigenvalue weighted by molar-refractivity contribution is 6.03. The Hall–Kier alpha value is -2.54. The van der Waals surface area contributed by atoms with Crippen LogP contribution in [-0.2, 0) is 16.0 Å². The Labute approximate surface area is 191 Å². The Morgan fingerprint density at radius 3 is 2.41 bits per heavy atom. The number of likely N-dealkylation sites (N-methyl/N-ethyl adjacent to an activating group) is 2. The van der Waals surface area contributed by atoms with Crippen molar-refractivity contribution in [1.29, 1.82) is 0 Å². The molecule has 2 amide bonds. The van der Waals surface area contributed by atoms with Crippen LogP contribution in [0.3, 0.4) is 0 Å². The summed E-state index contributed by atoms with van der Waals surface area (Å²) in [5.41, 5.74) is 2.33. The standard InChI is InChI=1S/C18H24N2O4.C7H13N/c1-4-6-13-8-9-14(12-22)15(11-13)18(24)20(3)16(7-5-10-21)17(23)19-2;1-6-2-7(3-6)4-8-5-7/h8-12,16H,4-7H2,1-3H3,(H,19,23);6,8H,2-5H2,1H3. The number of rotatable bonds is 9. The van der Waals surface area contributed by atoms with E-state index in [-0.39, 0.29) is 29.9 Å². The minimum Gasteiger partial charge on any atom is -0.357 e. The monoisotopic (exact) mass is 443 g/mol. The van der Waals surface area contributed by atoms with Crippen LogP contribution in [0.2, 0.25) is 0 Å². The highest BCUT2D eigenvalue weighted by Gasteiger charge is 2.46. The van der Waals surface area contributed by atoms with E-state index in [9.17, 15) is 19.2 Å². The van der Waals surface area contributed by atoms with Gasteiger partial charge in [-0.3, -0.25) is 14.4 Å². The lowest BCUT2D eigenvalue weighted by Crippen LogP contribution is -2.59. The molecular weight excluding hydrogens is 406 g/mol. The summed E-state index contributed by atoms with van der Waals surface area (Å²) in [5, 5.41) is 5.83. The van der Waals surface area contributed by atoms with Crippen LogP contribution in [0.5, 0.6) is 0 Å². The van der Waals surface area contributed by atoms with Crippen molar-refractivity contribution in [3.63, 3.8) is 0 Å². The van der Waals surface area contributed by atoms with Gasteiger partial charge in [-0.05, 0) is 48.6 Å². The predicted molar refractivity (Wildman–Crippen MR) is 125 cm³/mol. The first-order valence-corrected chi connectivity index (χ1v) is 11.5. The number of hydrogen-bond donors (Lipinski definition) is 2. The van der Waals surface area contributed by atoms with Gasteiger partial charge in [0.15, 0.2) is 6.29 Å². The molecule has 1 unspecified atom stereocenters. The molecule has 1 aromatic rings. The Bertz CT molecular complexity index is 811. The van der Waals surface area contributed by atoms with E-state index in [0.717, 1.165) is 29.7 Å². The normalized spacial score (nSPS) is 17.1. The molecule has 0 bridgehead atoms. The lowest BCUT2D eigenvalue weighted by Gasteiger charge is -2.53. The molecule has 3 rings (SSSR count). The van der Waals surface area contributed by atoms with E-state index in [2.05, 4.69) is 17.6 Å². The van der Waals surface area contributed by atoms with Gasteiger partial charge in [0.25, 0.3) is 5.91 Å². The highest BCUT2D eigenvalue weighted by Crippen LogP contribution is 2.47. The Morgan fingerprint density at radius 2 is 1.97 bits per heavy atom. The van der Waals surface area contributed by atoms with E-state index in [4.69, 9.17) is 0 Å². The summed E-state index contributed by atoms with van der Waals surface area (Å²) in [6, 6.07) is 4.39. The van der Waals surface area contributed by atoms with Crippen molar-refractivity contribution in [2.24, 2.45) is 11.3 Å². The fourth-order valence-corrected chi connectivity index (χ4v) is 4.75. The summed E-state index contributed by atoms with van der Waals surface area (Å²) in [6.45, 7) is 6.99. The number of aryl methyl sites for hydroxylation is 1. The molecule has 32 heavy (non-hydrogen) atoms. The maximum absolute atomic E-state index is 12.8. The molecule has 1 saturated heterocycles. The number of carbonyl (C=O) groups is 4. The Kier molecular flexibility index (Phi) is 9.57. The number of benzene rings is 1. The van der Waals surface area contributed by atoms with Crippen molar-refractivity contribution in [3.05, 3.63) is 34.9 Å². The molecule has 176 valence electrons. The number of nitrogens with zero attached hydrogens (tertiary/aromatic N) is 1. The van der Waals surface area contributed by atoms with E-state index in [1.54, 1.807) is 12.1 Å². The van der Waals surface area contributed by atoms with Crippen LogP contribution in [0.25, 0.3) is 0 Å². The van der Waals surface area contributed by atoms with Crippen LogP contribution >= 0.6 is 0 Å². The Balaban J connectivity index is 0.000000371. The molecule has 1 aliphatic carbocycles. The average Bonchev–Trinajstić information content (AvgIpc) is 2.75. The molecule has 0 aromatic heterocycles. The first-order chi connectivity index (χ1) is 15.3. The summed E-state index contributed by atoms with van der Waals surface area (Å²) in [4.78, 5) is 48.0. The molecule has 1 aliphatic heterocycles. The zero-order chi connectivity index (χ0) is 23.7. The highest BCUT2D eigenvalue weighted by atomic mass is 16.2. The zero-order valence-corrected chi connectivity index (χ0v) is 19.8. The van der Waals surface area contributed by atoms with Crippen molar-refractivity contribution in [2.75, 3.05) is 27.2 Å². The average molecular weight is 444 g/mol. The fraction of sp³-hybridized carbons (Fsp3) is 0.600. The van der Waals surface area contributed by atoms with E-state index in [1.807, 2.05) is 13.0 Å². The minimum absolute atomic E-state index is 0.173. The van der Waals surface area contributed by atoms with Gasteiger partial charge in [0.1, 0.15) is 12.3 Å². The molecule has 7 heteroatoms. The van der Waals surface area contributed by atoms with Gasteiger partial charge in [0.05, 0.1) is 5.56 Å². The number of nitrogens with one attached hydrogen (secondary N) is 2. The van der Waals surface area contributed by atoms with Crippen LogP contribution < -0.4 is 10.6 Å². The molecule has 1 heterocycles. The second-order valence-electron chi connectivity index (χ2n) is 9.20. The number of hydrogen-bond acceptors (Lipinski definition) is 5. The second-order valence-corrected chi connectivity index (χ2v) is 9.20. The zero-order valence-electron chi connectivity index (χ0n) is 19.8. The number of aldehydes is 2. The molecule has 1 atom stereocenters. The number of amides is 2. The Morgan fingerprint density at radius 1 is 1.28 bits per heavy atom. The van der Waals surface area contributed by atoms with Crippen LogP contribution in [0.1, 0.15) is 72.2 Å².